The molecule has 0 spiro atoms. The van der Waals surface area contributed by atoms with Gasteiger partial charge in [0, 0.05) is 0 Å². The number of ether oxygens (including phenoxy) is 3. The second-order valence-electron chi connectivity index (χ2n) is 8.10. The monoisotopic (exact) mass is 494 g/mol. The van der Waals surface area contributed by atoms with Crippen molar-refractivity contribution < 1.29 is 41.6 Å². The van der Waals surface area contributed by atoms with Gasteiger partial charge in [-0.2, -0.15) is 8.42 Å². The van der Waals surface area contributed by atoms with Gasteiger partial charge in [-0.1, -0.05) is 78.6 Å². The van der Waals surface area contributed by atoms with Crippen molar-refractivity contribution in [1.29, 1.82) is 0 Å². The van der Waals surface area contributed by atoms with Crippen molar-refractivity contribution in [2.45, 2.75) is 103 Å². The molecule has 1 unspecified atom stereocenters. The summed E-state index contributed by atoms with van der Waals surface area (Å²) >= 11 is 0. The number of esters is 3. The molecule has 1 N–H and O–H groups in total. The predicted molar refractivity (Wildman–Crippen MR) is 124 cm³/mol. The van der Waals surface area contributed by atoms with Crippen molar-refractivity contribution in [1.82, 2.24) is 0 Å². The third kappa shape index (κ3) is 14.2. The van der Waals surface area contributed by atoms with Crippen LogP contribution in [-0.2, 0) is 38.7 Å². The molecule has 9 nitrogen and oxygen atoms in total. The highest BCUT2D eigenvalue weighted by atomic mass is 32.2. The Kier molecular flexibility index (Phi) is 17.8. The molecule has 0 fully saturated rings. The summed E-state index contributed by atoms with van der Waals surface area (Å²) in [7, 11) is -5.16. The van der Waals surface area contributed by atoms with Crippen LogP contribution in [0.25, 0.3) is 0 Å². The molecule has 0 aromatic rings. The predicted octanol–water partition coefficient (Wildman–Crippen LogP) is 4.23. The van der Waals surface area contributed by atoms with Crippen molar-refractivity contribution in [3.8, 4) is 0 Å². The van der Waals surface area contributed by atoms with Crippen LogP contribution in [-0.4, -0.2) is 55.9 Å². The lowest BCUT2D eigenvalue weighted by Crippen LogP contribution is -2.47. The van der Waals surface area contributed by atoms with Gasteiger partial charge in [0.15, 0.2) is 5.92 Å². The van der Waals surface area contributed by atoms with E-state index in [-0.39, 0.29) is 19.8 Å². The molecule has 1 atom stereocenters. The van der Waals surface area contributed by atoms with Crippen LogP contribution in [0.3, 0.4) is 0 Å². The molecule has 0 saturated carbocycles. The van der Waals surface area contributed by atoms with E-state index in [1.807, 2.05) is 20.8 Å². The quantitative estimate of drug-likeness (QED) is 0.0867. The summed E-state index contributed by atoms with van der Waals surface area (Å²) in [5, 5.41) is -2.44. The number of carbonyl (C=O) groups excluding carboxylic acids is 3. The first-order valence-corrected chi connectivity index (χ1v) is 13.7. The molecule has 0 rings (SSSR count). The Morgan fingerprint density at radius 1 is 0.606 bits per heavy atom. The minimum atomic E-state index is -5.16. The van der Waals surface area contributed by atoms with Crippen LogP contribution in [0.2, 0.25) is 0 Å². The molecule has 0 aromatic carbocycles. The third-order valence-electron chi connectivity index (χ3n) is 5.09. The molecule has 0 heterocycles. The minimum Gasteiger partial charge on any atom is -0.465 e. The lowest BCUT2D eigenvalue weighted by atomic mass is 10.1. The second kappa shape index (κ2) is 18.7. The van der Waals surface area contributed by atoms with E-state index in [1.54, 1.807) is 0 Å². The van der Waals surface area contributed by atoms with Gasteiger partial charge in [-0.05, 0) is 19.3 Å². The van der Waals surface area contributed by atoms with Crippen LogP contribution in [0.4, 0.5) is 0 Å². The highest BCUT2D eigenvalue weighted by Gasteiger charge is 2.50. The van der Waals surface area contributed by atoms with E-state index < -0.39 is 39.2 Å². The topological polar surface area (TPSA) is 133 Å². The van der Waals surface area contributed by atoms with Gasteiger partial charge in [0.2, 0.25) is 5.25 Å². The summed E-state index contributed by atoms with van der Waals surface area (Å²) in [6.45, 7) is 5.88. The fourth-order valence-corrected chi connectivity index (χ4v) is 4.02. The maximum atomic E-state index is 12.7. The zero-order chi connectivity index (χ0) is 25.1. The Hall–Kier alpha value is -1.68. The lowest BCUT2D eigenvalue weighted by Gasteiger charge is -2.21. The van der Waals surface area contributed by atoms with Gasteiger partial charge in [0.25, 0.3) is 10.1 Å². The molecule has 0 amide bonds. The summed E-state index contributed by atoms with van der Waals surface area (Å²) in [6, 6.07) is 0. The first-order chi connectivity index (χ1) is 15.7. The number of hydrogen-bond donors (Lipinski definition) is 1. The first-order valence-electron chi connectivity index (χ1n) is 12.2. The number of hydrogen-bond acceptors (Lipinski definition) is 8. The van der Waals surface area contributed by atoms with Gasteiger partial charge >= 0.3 is 17.9 Å². The van der Waals surface area contributed by atoms with Crippen molar-refractivity contribution in [2.24, 2.45) is 5.92 Å². The molecule has 194 valence electrons. The van der Waals surface area contributed by atoms with Gasteiger partial charge in [-0.25, -0.2) is 0 Å². The summed E-state index contributed by atoms with van der Waals surface area (Å²) in [5.41, 5.74) is 0. The second-order valence-corrected chi connectivity index (χ2v) is 9.64. The Labute approximate surface area is 198 Å². The summed E-state index contributed by atoms with van der Waals surface area (Å²) in [5.74, 6) is -5.98. The van der Waals surface area contributed by atoms with E-state index in [2.05, 4.69) is 0 Å². The molecule has 0 aliphatic rings. The SMILES string of the molecule is CCCCCCOC(=O)C(C(=O)OCCCCCC)C(C(=O)OCCCCCC)S(=O)(=O)O. The van der Waals surface area contributed by atoms with Crippen molar-refractivity contribution in [3.05, 3.63) is 0 Å². The zero-order valence-corrected chi connectivity index (χ0v) is 21.2. The number of unbranched alkanes of at least 4 members (excludes halogenated alkanes) is 9. The molecular formula is C23H42O9S. The summed E-state index contributed by atoms with van der Waals surface area (Å²) < 4.78 is 48.9. The van der Waals surface area contributed by atoms with Gasteiger partial charge in [-0.3, -0.25) is 18.9 Å². The molecular weight excluding hydrogens is 452 g/mol. The Balaban J connectivity index is 5.39. The van der Waals surface area contributed by atoms with E-state index in [4.69, 9.17) is 14.2 Å². The molecule has 0 bridgehead atoms. The van der Waals surface area contributed by atoms with Crippen molar-refractivity contribution in [2.75, 3.05) is 19.8 Å². The average molecular weight is 495 g/mol. The van der Waals surface area contributed by atoms with Crippen LogP contribution in [0, 0.1) is 5.92 Å². The van der Waals surface area contributed by atoms with E-state index in [1.165, 1.54) is 0 Å². The molecule has 0 aromatic heterocycles. The molecule has 10 heteroatoms. The summed E-state index contributed by atoms with van der Waals surface area (Å²) in [4.78, 5) is 37.8. The zero-order valence-electron chi connectivity index (χ0n) is 20.4. The fraction of sp³-hybridized carbons (Fsp3) is 0.870. The standard InChI is InChI=1S/C23H42O9S/c1-4-7-10-13-16-30-21(24)19(22(25)31-17-14-11-8-5-2)20(33(27,28)29)23(26)32-18-15-12-9-6-3/h19-20H,4-18H2,1-3H3,(H,27,28,29). The van der Waals surface area contributed by atoms with E-state index in [0.717, 1.165) is 57.8 Å². The van der Waals surface area contributed by atoms with Gasteiger partial charge in [0.05, 0.1) is 19.8 Å². The average Bonchev–Trinajstić information content (AvgIpc) is 2.75. The van der Waals surface area contributed by atoms with Gasteiger partial charge in [0.1, 0.15) is 0 Å². The normalized spacial score (nSPS) is 12.4. The Morgan fingerprint density at radius 3 is 1.24 bits per heavy atom. The highest BCUT2D eigenvalue weighted by Crippen LogP contribution is 2.20. The van der Waals surface area contributed by atoms with Crippen molar-refractivity contribution >= 4 is 28.0 Å². The maximum Gasteiger partial charge on any atom is 0.328 e. The summed E-state index contributed by atoms with van der Waals surface area (Å²) in [6.07, 6.45) is 9.55. The molecule has 0 saturated heterocycles. The maximum absolute atomic E-state index is 12.7. The van der Waals surface area contributed by atoms with E-state index in [0.29, 0.717) is 19.3 Å². The van der Waals surface area contributed by atoms with Crippen LogP contribution >= 0.6 is 0 Å². The Morgan fingerprint density at radius 2 is 0.939 bits per heavy atom. The smallest absolute Gasteiger partial charge is 0.328 e. The lowest BCUT2D eigenvalue weighted by molar-refractivity contribution is -0.166. The highest BCUT2D eigenvalue weighted by molar-refractivity contribution is 7.87. The van der Waals surface area contributed by atoms with E-state index in [9.17, 15) is 27.4 Å². The number of carbonyl (C=O) groups is 3. The van der Waals surface area contributed by atoms with Crippen LogP contribution in [0.15, 0.2) is 0 Å². The molecule has 0 radical (unpaired) electrons. The molecule has 0 aliphatic carbocycles. The fourth-order valence-electron chi connectivity index (χ4n) is 3.14. The first kappa shape index (κ1) is 31.3. The van der Waals surface area contributed by atoms with Gasteiger partial charge < -0.3 is 14.2 Å². The Bertz CT molecular complexity index is 635. The molecule has 0 aliphatic heterocycles. The van der Waals surface area contributed by atoms with E-state index >= 15 is 0 Å². The molecule has 33 heavy (non-hydrogen) atoms. The van der Waals surface area contributed by atoms with Crippen LogP contribution in [0.1, 0.15) is 97.8 Å². The number of rotatable bonds is 20. The van der Waals surface area contributed by atoms with Gasteiger partial charge in [-0.15, -0.1) is 0 Å². The minimum absolute atomic E-state index is 0.0383. The van der Waals surface area contributed by atoms with Crippen LogP contribution < -0.4 is 0 Å². The third-order valence-corrected chi connectivity index (χ3v) is 6.20. The largest absolute Gasteiger partial charge is 0.465 e. The van der Waals surface area contributed by atoms with Crippen molar-refractivity contribution in [3.63, 3.8) is 0 Å². The van der Waals surface area contributed by atoms with Crippen LogP contribution in [0.5, 0.6) is 0 Å².